The second-order valence-electron chi connectivity index (χ2n) is 5.72. The number of β-lactam (4-membered cyclic amide) rings is 1. The van der Waals surface area contributed by atoms with Crippen molar-refractivity contribution in [2.45, 2.75) is 40.0 Å². The Hall–Kier alpha value is -1.56. The molecule has 2 aliphatic rings. The summed E-state index contributed by atoms with van der Waals surface area (Å²) in [6.07, 6.45) is -1.54. The minimum absolute atomic E-state index is 0.102. The van der Waals surface area contributed by atoms with Crippen molar-refractivity contribution in [2.75, 3.05) is 0 Å². The van der Waals surface area contributed by atoms with Gasteiger partial charge < -0.3 is 14.9 Å². The van der Waals surface area contributed by atoms with Crippen molar-refractivity contribution in [3.8, 4) is 0 Å². The quantitative estimate of drug-likeness (QED) is 0.703. The fourth-order valence-electron chi connectivity index (χ4n) is 2.31. The van der Waals surface area contributed by atoms with Crippen molar-refractivity contribution in [2.24, 2.45) is 11.3 Å². The maximum atomic E-state index is 11.9. The summed E-state index contributed by atoms with van der Waals surface area (Å²) in [4.78, 5) is 24.3. The van der Waals surface area contributed by atoms with Crippen LogP contribution in [0.3, 0.4) is 0 Å². The maximum absolute atomic E-state index is 11.9. The number of fused-ring (bicyclic) bond motifs is 1. The fraction of sp³-hybridized carbons (Fsp3) is 0.667. The molecule has 2 heterocycles. The molecule has 0 spiro atoms. The lowest BCUT2D eigenvalue weighted by Gasteiger charge is -2.42. The van der Waals surface area contributed by atoms with E-state index in [0.29, 0.717) is 0 Å². The number of amides is 1. The molecule has 0 bridgehead atoms. The van der Waals surface area contributed by atoms with Crippen LogP contribution in [0.2, 0.25) is 0 Å². The number of aliphatic hydroxyl groups is 1. The zero-order valence-electron chi connectivity index (χ0n) is 10.8. The summed E-state index contributed by atoms with van der Waals surface area (Å²) in [5.74, 6) is -1.97. The van der Waals surface area contributed by atoms with E-state index in [2.05, 4.69) is 0 Å². The van der Waals surface area contributed by atoms with Crippen molar-refractivity contribution in [3.05, 3.63) is 11.5 Å². The lowest BCUT2D eigenvalue weighted by atomic mass is 9.90. The molecule has 0 aromatic carbocycles. The van der Waals surface area contributed by atoms with Gasteiger partial charge in [-0.25, -0.2) is 4.79 Å². The van der Waals surface area contributed by atoms with Crippen LogP contribution >= 0.6 is 0 Å². The van der Waals surface area contributed by atoms with Gasteiger partial charge in [-0.15, -0.1) is 0 Å². The summed E-state index contributed by atoms with van der Waals surface area (Å²) < 4.78 is 5.59. The molecule has 2 N–H and O–H groups in total. The van der Waals surface area contributed by atoms with E-state index in [1.807, 2.05) is 20.8 Å². The number of carboxylic acid groups (broad SMARTS) is 1. The number of nitrogens with zero attached hydrogens (tertiary/aromatic N) is 1. The maximum Gasteiger partial charge on any atom is 0.356 e. The van der Waals surface area contributed by atoms with Crippen molar-refractivity contribution in [3.63, 3.8) is 0 Å². The minimum atomic E-state index is -1.18. The second kappa shape index (κ2) is 3.71. The van der Waals surface area contributed by atoms with Gasteiger partial charge in [-0.2, -0.15) is 0 Å². The first kappa shape index (κ1) is 12.9. The molecule has 2 rings (SSSR count). The molecule has 0 aromatic rings. The van der Waals surface area contributed by atoms with Gasteiger partial charge in [0.15, 0.2) is 11.9 Å². The highest BCUT2D eigenvalue weighted by Gasteiger charge is 2.60. The second-order valence-corrected chi connectivity index (χ2v) is 5.72. The van der Waals surface area contributed by atoms with E-state index < -0.39 is 35.5 Å². The van der Waals surface area contributed by atoms with Gasteiger partial charge in [-0.3, -0.25) is 9.69 Å². The number of carbonyl (C=O) groups is 2. The molecule has 0 aliphatic carbocycles. The van der Waals surface area contributed by atoms with Gasteiger partial charge >= 0.3 is 5.97 Å². The van der Waals surface area contributed by atoms with Crippen LogP contribution in [0.4, 0.5) is 0 Å². The predicted octanol–water partition coefficient (Wildman–Crippen LogP) is 0.524. The number of carboxylic acids is 1. The first-order chi connectivity index (χ1) is 8.16. The Morgan fingerprint density at radius 1 is 1.44 bits per heavy atom. The molecule has 18 heavy (non-hydrogen) atoms. The highest BCUT2D eigenvalue weighted by molar-refractivity contribution is 5.98. The number of hydrogen-bond donors (Lipinski definition) is 2. The summed E-state index contributed by atoms with van der Waals surface area (Å²) in [6.45, 7) is 6.95. The molecule has 1 amide bonds. The van der Waals surface area contributed by atoms with Gasteiger partial charge in [-0.1, -0.05) is 20.8 Å². The summed E-state index contributed by atoms with van der Waals surface area (Å²) >= 11 is 0. The van der Waals surface area contributed by atoms with Crippen molar-refractivity contribution < 1.29 is 24.5 Å². The zero-order valence-corrected chi connectivity index (χ0v) is 10.8. The molecule has 6 nitrogen and oxygen atoms in total. The third-order valence-electron chi connectivity index (χ3n) is 3.18. The van der Waals surface area contributed by atoms with E-state index in [-0.39, 0.29) is 11.5 Å². The Labute approximate surface area is 105 Å². The molecule has 1 fully saturated rings. The lowest BCUT2D eigenvalue weighted by Crippen LogP contribution is -2.62. The first-order valence-corrected chi connectivity index (χ1v) is 5.82. The zero-order chi connectivity index (χ0) is 13.8. The highest BCUT2D eigenvalue weighted by atomic mass is 16.5. The largest absolute Gasteiger partial charge is 0.476 e. The van der Waals surface area contributed by atoms with E-state index in [4.69, 9.17) is 4.74 Å². The number of aliphatic carboxylic acids is 1. The molecule has 100 valence electrons. The topological polar surface area (TPSA) is 87.1 Å². The minimum Gasteiger partial charge on any atom is -0.476 e. The van der Waals surface area contributed by atoms with Crippen molar-refractivity contribution >= 4 is 11.9 Å². The van der Waals surface area contributed by atoms with E-state index in [1.165, 1.54) is 6.92 Å². The van der Waals surface area contributed by atoms with Crippen LogP contribution in [0.25, 0.3) is 0 Å². The van der Waals surface area contributed by atoms with E-state index >= 15 is 0 Å². The van der Waals surface area contributed by atoms with Crippen LogP contribution in [0.15, 0.2) is 11.5 Å². The van der Waals surface area contributed by atoms with Gasteiger partial charge in [0, 0.05) is 5.41 Å². The van der Waals surface area contributed by atoms with Crippen LogP contribution in [0.1, 0.15) is 27.7 Å². The SMILES string of the molecule is C[C@@H](O)[C@H]1C(=O)N2C(C(=O)O)=C(C(C)(C)C)O[C@@H]12. The number of ether oxygens (including phenoxy) is 1. The Morgan fingerprint density at radius 2 is 2.00 bits per heavy atom. The molecule has 3 atom stereocenters. The van der Waals surface area contributed by atoms with Gasteiger partial charge in [0.25, 0.3) is 0 Å². The molecule has 1 saturated heterocycles. The molecular formula is C12H17NO5. The third-order valence-corrected chi connectivity index (χ3v) is 3.18. The normalized spacial score (nSPS) is 28.7. The first-order valence-electron chi connectivity index (χ1n) is 5.82. The molecule has 0 radical (unpaired) electrons. The van der Waals surface area contributed by atoms with Gasteiger partial charge in [0.1, 0.15) is 11.7 Å². The Bertz CT molecular complexity index is 446. The number of allylic oxidation sites excluding steroid dienone is 1. The van der Waals surface area contributed by atoms with Crippen LogP contribution in [-0.4, -0.2) is 39.3 Å². The molecule has 2 aliphatic heterocycles. The van der Waals surface area contributed by atoms with Gasteiger partial charge in [0.05, 0.1) is 6.10 Å². The number of aliphatic hydroxyl groups excluding tert-OH is 1. The van der Waals surface area contributed by atoms with E-state index in [9.17, 15) is 19.8 Å². The lowest BCUT2D eigenvalue weighted by molar-refractivity contribution is -0.183. The van der Waals surface area contributed by atoms with Crippen molar-refractivity contribution in [1.29, 1.82) is 0 Å². The van der Waals surface area contributed by atoms with E-state index in [1.54, 1.807) is 0 Å². The highest BCUT2D eigenvalue weighted by Crippen LogP contribution is 2.46. The average Bonchev–Trinajstić information content (AvgIpc) is 2.51. The summed E-state index contributed by atoms with van der Waals surface area (Å²) in [5.41, 5.74) is -0.608. The molecule has 0 saturated carbocycles. The van der Waals surface area contributed by atoms with Crippen LogP contribution in [-0.2, 0) is 14.3 Å². The number of carbonyl (C=O) groups excluding carboxylic acids is 1. The predicted molar refractivity (Wildman–Crippen MR) is 61.0 cm³/mol. The number of rotatable bonds is 2. The molecule has 6 heteroatoms. The molecule has 0 aromatic heterocycles. The standard InChI is InChI=1S/C12H17NO5/c1-5(14)6-9(15)13-7(11(16)17)8(12(2,3)4)18-10(6)13/h5-6,10,14H,1-4H3,(H,16,17)/t5-,6+,10+/m1/s1. The smallest absolute Gasteiger partial charge is 0.356 e. The summed E-state index contributed by atoms with van der Waals surface area (Å²) in [5, 5.41) is 18.7. The van der Waals surface area contributed by atoms with Crippen LogP contribution in [0, 0.1) is 11.3 Å². The Balaban J connectivity index is 2.39. The Morgan fingerprint density at radius 3 is 2.39 bits per heavy atom. The Kier molecular flexibility index (Phi) is 2.66. The third kappa shape index (κ3) is 1.59. The fourth-order valence-corrected chi connectivity index (χ4v) is 2.31. The van der Waals surface area contributed by atoms with Crippen molar-refractivity contribution in [1.82, 2.24) is 4.90 Å². The summed E-state index contributed by atoms with van der Waals surface area (Å²) in [7, 11) is 0. The van der Waals surface area contributed by atoms with E-state index in [0.717, 1.165) is 4.90 Å². The monoisotopic (exact) mass is 255 g/mol. The summed E-state index contributed by atoms with van der Waals surface area (Å²) in [6, 6.07) is 0. The van der Waals surface area contributed by atoms with Crippen LogP contribution < -0.4 is 0 Å². The van der Waals surface area contributed by atoms with Crippen LogP contribution in [0.5, 0.6) is 0 Å². The van der Waals surface area contributed by atoms with Gasteiger partial charge in [0.2, 0.25) is 5.91 Å². The van der Waals surface area contributed by atoms with Gasteiger partial charge in [-0.05, 0) is 6.92 Å². The molecular weight excluding hydrogens is 238 g/mol. The number of hydrogen-bond acceptors (Lipinski definition) is 4. The molecule has 0 unspecified atom stereocenters. The average molecular weight is 255 g/mol.